The van der Waals surface area contributed by atoms with Gasteiger partial charge in [0.05, 0.1) is 4.88 Å². The van der Waals surface area contributed by atoms with Crippen LogP contribution >= 0.6 is 22.7 Å². The Morgan fingerprint density at radius 3 is 2.87 bits per heavy atom. The van der Waals surface area contributed by atoms with Crippen molar-refractivity contribution in [2.45, 2.75) is 32.6 Å². The van der Waals surface area contributed by atoms with E-state index in [1.807, 2.05) is 17.5 Å². The van der Waals surface area contributed by atoms with Gasteiger partial charge in [-0.25, -0.2) is 9.78 Å². The van der Waals surface area contributed by atoms with Crippen molar-refractivity contribution in [3.63, 3.8) is 0 Å². The largest absolute Gasteiger partial charge is 0.451 e. The molecule has 0 fully saturated rings. The van der Waals surface area contributed by atoms with Gasteiger partial charge in [0.1, 0.15) is 5.01 Å². The van der Waals surface area contributed by atoms with E-state index in [9.17, 15) is 9.59 Å². The van der Waals surface area contributed by atoms with Crippen molar-refractivity contribution >= 4 is 34.6 Å². The molecule has 0 saturated heterocycles. The van der Waals surface area contributed by atoms with Crippen LogP contribution in [0.3, 0.4) is 0 Å². The Morgan fingerprint density at radius 2 is 2.13 bits per heavy atom. The van der Waals surface area contributed by atoms with Crippen LogP contribution in [0.25, 0.3) is 9.88 Å². The van der Waals surface area contributed by atoms with Gasteiger partial charge >= 0.3 is 5.97 Å². The fourth-order valence-corrected chi connectivity index (χ4v) is 3.52. The average Bonchev–Trinajstić information content (AvgIpc) is 3.22. The van der Waals surface area contributed by atoms with Gasteiger partial charge in [-0.3, -0.25) is 4.79 Å². The number of carbonyl (C=O) groups is 2. The smallest absolute Gasteiger partial charge is 0.358 e. The molecule has 1 N–H and O–H groups in total. The first-order valence-corrected chi connectivity index (χ1v) is 9.40. The zero-order valence-electron chi connectivity index (χ0n) is 13.0. The Balaban J connectivity index is 1.71. The van der Waals surface area contributed by atoms with E-state index in [1.54, 1.807) is 16.7 Å². The number of aromatic nitrogens is 1. The monoisotopic (exact) mass is 352 g/mol. The summed E-state index contributed by atoms with van der Waals surface area (Å²) in [5.41, 5.74) is 0.245. The van der Waals surface area contributed by atoms with E-state index in [0.717, 1.165) is 29.1 Å². The maximum Gasteiger partial charge on any atom is 0.358 e. The molecule has 0 aromatic carbocycles. The molecule has 2 rings (SSSR count). The standard InChI is InChI=1S/C16H20N2O3S2/c1-2-3-4-5-8-17-14(19)10-21-16(20)12-11-23-15(18-12)13-7-6-9-22-13/h6-7,9,11H,2-5,8,10H2,1H3,(H,17,19). The number of hydrogen-bond acceptors (Lipinski definition) is 6. The summed E-state index contributed by atoms with van der Waals surface area (Å²) in [6, 6.07) is 3.88. The van der Waals surface area contributed by atoms with Crippen molar-refractivity contribution in [3.8, 4) is 9.88 Å². The van der Waals surface area contributed by atoms with Crippen LogP contribution in [0.2, 0.25) is 0 Å². The molecular formula is C16H20N2O3S2. The summed E-state index contributed by atoms with van der Waals surface area (Å²) in [6.45, 7) is 2.49. The van der Waals surface area contributed by atoms with Gasteiger partial charge in [-0.1, -0.05) is 32.3 Å². The molecule has 0 aliphatic rings. The fraction of sp³-hybridized carbons (Fsp3) is 0.438. The van der Waals surface area contributed by atoms with Crippen molar-refractivity contribution in [1.82, 2.24) is 10.3 Å². The highest BCUT2D eigenvalue weighted by Gasteiger charge is 2.15. The second-order valence-electron chi connectivity index (χ2n) is 5.00. The van der Waals surface area contributed by atoms with Crippen molar-refractivity contribution < 1.29 is 14.3 Å². The predicted molar refractivity (Wildman–Crippen MR) is 92.9 cm³/mol. The summed E-state index contributed by atoms with van der Waals surface area (Å²) in [5.74, 6) is -0.839. The van der Waals surface area contributed by atoms with E-state index >= 15 is 0 Å². The fourth-order valence-electron chi connectivity index (χ4n) is 1.92. The Hall–Kier alpha value is -1.73. The number of nitrogens with one attached hydrogen (secondary N) is 1. The first kappa shape index (κ1) is 17.6. The number of hydrogen-bond donors (Lipinski definition) is 1. The van der Waals surface area contributed by atoms with Crippen LogP contribution in [0, 0.1) is 0 Å². The van der Waals surface area contributed by atoms with Crippen LogP contribution in [0.5, 0.6) is 0 Å². The van der Waals surface area contributed by atoms with E-state index in [-0.39, 0.29) is 18.2 Å². The van der Waals surface area contributed by atoms with Crippen molar-refractivity contribution in [2.75, 3.05) is 13.2 Å². The summed E-state index contributed by atoms with van der Waals surface area (Å²) in [5, 5.41) is 7.14. The minimum Gasteiger partial charge on any atom is -0.451 e. The van der Waals surface area contributed by atoms with Crippen molar-refractivity contribution in [2.24, 2.45) is 0 Å². The molecule has 23 heavy (non-hydrogen) atoms. The maximum atomic E-state index is 11.9. The van der Waals surface area contributed by atoms with Gasteiger partial charge in [-0.2, -0.15) is 0 Å². The quantitative estimate of drug-likeness (QED) is 0.551. The van der Waals surface area contributed by atoms with Crippen molar-refractivity contribution in [3.05, 3.63) is 28.6 Å². The first-order valence-electron chi connectivity index (χ1n) is 7.64. The van der Waals surface area contributed by atoms with E-state index in [4.69, 9.17) is 4.74 Å². The maximum absolute atomic E-state index is 11.9. The molecule has 0 atom stereocenters. The Kier molecular flexibility index (Phi) is 7.22. The number of carbonyl (C=O) groups excluding carboxylic acids is 2. The van der Waals surface area contributed by atoms with Crippen molar-refractivity contribution in [1.29, 1.82) is 0 Å². The van der Waals surface area contributed by atoms with Crippen LogP contribution in [-0.4, -0.2) is 30.0 Å². The number of rotatable bonds is 9. The number of unbranched alkanes of at least 4 members (excludes halogenated alkanes) is 3. The molecule has 0 saturated carbocycles. The average molecular weight is 352 g/mol. The lowest BCUT2D eigenvalue weighted by molar-refractivity contribution is -0.124. The van der Waals surface area contributed by atoms with Gasteiger partial charge in [0.2, 0.25) is 0 Å². The molecule has 0 radical (unpaired) electrons. The lowest BCUT2D eigenvalue weighted by Crippen LogP contribution is -2.29. The highest BCUT2D eigenvalue weighted by atomic mass is 32.1. The van der Waals surface area contributed by atoms with Gasteiger partial charge in [-0.15, -0.1) is 22.7 Å². The number of nitrogens with zero attached hydrogens (tertiary/aromatic N) is 1. The van der Waals surface area contributed by atoms with Gasteiger partial charge in [0.15, 0.2) is 12.3 Å². The van der Waals surface area contributed by atoms with Gasteiger partial charge < -0.3 is 10.1 Å². The molecule has 0 aliphatic heterocycles. The number of ether oxygens (including phenoxy) is 1. The van der Waals surface area contributed by atoms with Crippen LogP contribution in [0.4, 0.5) is 0 Å². The number of thiophene rings is 1. The first-order chi connectivity index (χ1) is 11.2. The summed E-state index contributed by atoms with van der Waals surface area (Å²) in [7, 11) is 0. The third-order valence-electron chi connectivity index (χ3n) is 3.13. The molecule has 5 nitrogen and oxygen atoms in total. The second kappa shape index (κ2) is 9.42. The van der Waals surface area contributed by atoms with E-state index in [0.29, 0.717) is 6.54 Å². The lowest BCUT2D eigenvalue weighted by atomic mass is 10.2. The molecule has 7 heteroatoms. The third-order valence-corrected chi connectivity index (χ3v) is 5.01. The summed E-state index contributed by atoms with van der Waals surface area (Å²) >= 11 is 2.95. The lowest BCUT2D eigenvalue weighted by Gasteiger charge is -2.05. The van der Waals surface area contributed by atoms with Gasteiger partial charge in [-0.05, 0) is 17.9 Å². The van der Waals surface area contributed by atoms with E-state index < -0.39 is 5.97 Å². The molecular weight excluding hydrogens is 332 g/mol. The Morgan fingerprint density at radius 1 is 1.26 bits per heavy atom. The van der Waals surface area contributed by atoms with E-state index in [2.05, 4.69) is 17.2 Å². The SMILES string of the molecule is CCCCCCNC(=O)COC(=O)c1csc(-c2cccs2)n1. The highest BCUT2D eigenvalue weighted by Crippen LogP contribution is 2.27. The number of esters is 1. The summed E-state index contributed by atoms with van der Waals surface area (Å²) in [6.07, 6.45) is 4.37. The normalized spacial score (nSPS) is 10.5. The number of amides is 1. The summed E-state index contributed by atoms with van der Waals surface area (Å²) in [4.78, 5) is 28.8. The molecule has 2 aromatic rings. The Bertz CT molecular complexity index is 623. The van der Waals surface area contributed by atoms with E-state index in [1.165, 1.54) is 17.8 Å². The van der Waals surface area contributed by atoms with Gasteiger partial charge in [0.25, 0.3) is 5.91 Å². The minimum absolute atomic E-state index is 0.245. The predicted octanol–water partition coefficient (Wildman–Crippen LogP) is 3.72. The topological polar surface area (TPSA) is 68.3 Å². The second-order valence-corrected chi connectivity index (χ2v) is 6.81. The zero-order chi connectivity index (χ0) is 16.5. The van der Waals surface area contributed by atoms with Crippen LogP contribution in [0.15, 0.2) is 22.9 Å². The highest BCUT2D eigenvalue weighted by molar-refractivity contribution is 7.20. The molecule has 0 bridgehead atoms. The molecule has 1 amide bonds. The van der Waals surface area contributed by atoms with Gasteiger partial charge in [0, 0.05) is 11.9 Å². The zero-order valence-corrected chi connectivity index (χ0v) is 14.7. The molecule has 0 unspecified atom stereocenters. The molecule has 124 valence electrons. The minimum atomic E-state index is -0.565. The molecule has 0 aliphatic carbocycles. The molecule has 2 heterocycles. The van der Waals surface area contributed by atoms with Crippen LogP contribution in [0.1, 0.15) is 43.1 Å². The summed E-state index contributed by atoms with van der Waals surface area (Å²) < 4.78 is 5.00. The Labute approximate surface area is 143 Å². The third kappa shape index (κ3) is 5.76. The van der Waals surface area contributed by atoms with Crippen LogP contribution in [-0.2, 0) is 9.53 Å². The van der Waals surface area contributed by atoms with Crippen LogP contribution < -0.4 is 5.32 Å². The number of thiazole rings is 1. The molecule has 0 spiro atoms. The molecule has 2 aromatic heterocycles.